The molecule has 25 heavy (non-hydrogen) atoms. The van der Waals surface area contributed by atoms with E-state index in [-0.39, 0.29) is 0 Å². The van der Waals surface area contributed by atoms with Gasteiger partial charge in [-0.25, -0.2) is 13.2 Å². The molecule has 0 atom stereocenters. The van der Waals surface area contributed by atoms with Gasteiger partial charge < -0.3 is 15.0 Å². The summed E-state index contributed by atoms with van der Waals surface area (Å²) in [6.07, 6.45) is 1.44. The number of carbonyl (C=O) groups excluding carboxylic acids is 1. The number of rotatable bonds is 4. The molecule has 130 valence electrons. The lowest BCUT2D eigenvalue weighted by Gasteiger charge is -2.25. The number of H-pyrrole nitrogens is 1. The highest BCUT2D eigenvalue weighted by Crippen LogP contribution is 2.27. The van der Waals surface area contributed by atoms with Crippen molar-refractivity contribution in [2.45, 2.75) is 19.4 Å². The molecule has 3 rings (SSSR count). The summed E-state index contributed by atoms with van der Waals surface area (Å²) >= 11 is 0. The monoisotopic (exact) mass is 348 g/mol. The molecule has 7 heteroatoms. The maximum absolute atomic E-state index is 13.4. The molecule has 1 amide bonds. The van der Waals surface area contributed by atoms with Gasteiger partial charge in [-0.05, 0) is 44.2 Å². The van der Waals surface area contributed by atoms with Gasteiger partial charge in [0, 0.05) is 17.6 Å². The highest BCUT2D eigenvalue weighted by atomic mass is 19.2. The number of benzene rings is 2. The highest BCUT2D eigenvalue weighted by Gasteiger charge is 2.30. The van der Waals surface area contributed by atoms with E-state index in [1.54, 1.807) is 13.8 Å². The molecule has 0 radical (unpaired) electrons. The normalized spacial score (nSPS) is 11.6. The molecule has 0 aliphatic heterocycles. The molecule has 3 aromatic rings. The largest absolute Gasteiger partial charge is 0.478 e. The number of halogens is 3. The number of hydrogen-bond acceptors (Lipinski definition) is 2. The van der Waals surface area contributed by atoms with Crippen LogP contribution >= 0.6 is 0 Å². The van der Waals surface area contributed by atoms with Gasteiger partial charge in [-0.3, -0.25) is 4.79 Å². The molecule has 0 bridgehead atoms. The van der Waals surface area contributed by atoms with E-state index in [0.717, 1.165) is 12.1 Å². The summed E-state index contributed by atoms with van der Waals surface area (Å²) in [6.45, 7) is 3.08. The van der Waals surface area contributed by atoms with Crippen molar-refractivity contribution >= 4 is 22.5 Å². The Morgan fingerprint density at radius 2 is 1.72 bits per heavy atom. The molecule has 4 nitrogen and oxygen atoms in total. The van der Waals surface area contributed by atoms with Crippen LogP contribution < -0.4 is 10.1 Å². The lowest BCUT2D eigenvalue weighted by molar-refractivity contribution is -0.128. The van der Waals surface area contributed by atoms with Crippen LogP contribution in [0.1, 0.15) is 13.8 Å². The number of aromatic amines is 1. The van der Waals surface area contributed by atoms with Crippen LogP contribution in [-0.4, -0.2) is 16.5 Å². The van der Waals surface area contributed by atoms with Gasteiger partial charge in [-0.15, -0.1) is 0 Å². The van der Waals surface area contributed by atoms with Crippen molar-refractivity contribution in [2.75, 3.05) is 5.32 Å². The minimum absolute atomic E-state index is 0.301. The molecule has 0 unspecified atom stereocenters. The fraction of sp³-hybridized carbons (Fsp3) is 0.167. The molecule has 0 aliphatic carbocycles. The number of hydrogen-bond donors (Lipinski definition) is 2. The van der Waals surface area contributed by atoms with Crippen molar-refractivity contribution in [3.05, 3.63) is 60.0 Å². The number of fused-ring (bicyclic) bond motifs is 1. The topological polar surface area (TPSA) is 54.1 Å². The van der Waals surface area contributed by atoms with E-state index in [1.165, 1.54) is 30.5 Å². The number of ether oxygens (including phenoxy) is 1. The maximum Gasteiger partial charge on any atom is 0.268 e. The lowest BCUT2D eigenvalue weighted by atomic mass is 10.1. The van der Waals surface area contributed by atoms with E-state index >= 15 is 0 Å². The SMILES string of the molecule is CC(C)(Oc1ccc(F)cc1)C(=O)Nc1c[nH]c2cc(F)c(F)cc12. The highest BCUT2D eigenvalue weighted by molar-refractivity contribution is 6.04. The summed E-state index contributed by atoms with van der Waals surface area (Å²) in [5.41, 5.74) is -0.624. The molecule has 0 spiro atoms. The van der Waals surface area contributed by atoms with Gasteiger partial charge in [0.1, 0.15) is 11.6 Å². The number of amides is 1. The van der Waals surface area contributed by atoms with Crippen LogP contribution in [0.25, 0.3) is 10.9 Å². The lowest BCUT2D eigenvalue weighted by Crippen LogP contribution is -2.42. The Labute approximate surface area is 141 Å². The zero-order chi connectivity index (χ0) is 18.2. The molecule has 0 aliphatic rings. The van der Waals surface area contributed by atoms with Crippen LogP contribution in [0, 0.1) is 17.5 Å². The summed E-state index contributed by atoms with van der Waals surface area (Å²) in [4.78, 5) is 15.3. The fourth-order valence-corrected chi connectivity index (χ4v) is 2.34. The number of anilines is 1. The van der Waals surface area contributed by atoms with Crippen molar-refractivity contribution in [3.63, 3.8) is 0 Å². The van der Waals surface area contributed by atoms with Crippen LogP contribution in [-0.2, 0) is 4.79 Å². The van der Waals surface area contributed by atoms with E-state index in [0.29, 0.717) is 22.3 Å². The summed E-state index contributed by atoms with van der Waals surface area (Å²) < 4.78 is 45.2. The van der Waals surface area contributed by atoms with E-state index in [9.17, 15) is 18.0 Å². The molecule has 0 saturated carbocycles. The Kier molecular flexibility index (Phi) is 4.16. The molecule has 1 aromatic heterocycles. The minimum atomic E-state index is -1.28. The Hall–Kier alpha value is -2.96. The van der Waals surface area contributed by atoms with Gasteiger partial charge in [0.2, 0.25) is 0 Å². The van der Waals surface area contributed by atoms with Gasteiger partial charge >= 0.3 is 0 Å². The molecule has 2 N–H and O–H groups in total. The van der Waals surface area contributed by atoms with Crippen molar-refractivity contribution in [1.82, 2.24) is 4.98 Å². The van der Waals surface area contributed by atoms with Crippen molar-refractivity contribution in [3.8, 4) is 5.75 Å². The first-order valence-electron chi connectivity index (χ1n) is 7.48. The van der Waals surface area contributed by atoms with E-state index in [1.807, 2.05) is 0 Å². The number of nitrogens with one attached hydrogen (secondary N) is 2. The van der Waals surface area contributed by atoms with Crippen LogP contribution in [0.5, 0.6) is 5.75 Å². The second kappa shape index (κ2) is 6.16. The quantitative estimate of drug-likeness (QED) is 0.735. The van der Waals surface area contributed by atoms with Gasteiger partial charge in [-0.2, -0.15) is 0 Å². The standard InChI is InChI=1S/C18H15F3N2O2/c1-18(2,25-11-5-3-10(19)4-6-11)17(24)23-16-9-22-15-8-14(21)13(20)7-12(15)16/h3-9,22H,1-2H3,(H,23,24). The predicted molar refractivity (Wildman–Crippen MR) is 88.0 cm³/mol. The summed E-state index contributed by atoms with van der Waals surface area (Å²) in [7, 11) is 0. The Morgan fingerprint density at radius 1 is 1.08 bits per heavy atom. The first kappa shape index (κ1) is 16.9. The summed E-state index contributed by atoms with van der Waals surface area (Å²) in [5, 5.41) is 2.96. The van der Waals surface area contributed by atoms with E-state index in [4.69, 9.17) is 4.74 Å². The summed E-state index contributed by atoms with van der Waals surface area (Å²) in [6, 6.07) is 7.29. The third-order valence-electron chi connectivity index (χ3n) is 3.70. The van der Waals surface area contributed by atoms with Crippen LogP contribution in [0.4, 0.5) is 18.9 Å². The smallest absolute Gasteiger partial charge is 0.268 e. The molecule has 1 heterocycles. The van der Waals surface area contributed by atoms with Crippen molar-refractivity contribution < 1.29 is 22.7 Å². The fourth-order valence-electron chi connectivity index (χ4n) is 2.34. The molecular weight excluding hydrogens is 333 g/mol. The number of carbonyl (C=O) groups is 1. The Morgan fingerprint density at radius 3 is 2.40 bits per heavy atom. The van der Waals surface area contributed by atoms with E-state index in [2.05, 4.69) is 10.3 Å². The van der Waals surface area contributed by atoms with Gasteiger partial charge in [0.15, 0.2) is 17.2 Å². The maximum atomic E-state index is 13.4. The van der Waals surface area contributed by atoms with Crippen molar-refractivity contribution in [1.29, 1.82) is 0 Å². The van der Waals surface area contributed by atoms with Crippen LogP contribution in [0.2, 0.25) is 0 Å². The minimum Gasteiger partial charge on any atom is -0.478 e. The third kappa shape index (κ3) is 3.45. The zero-order valence-corrected chi connectivity index (χ0v) is 13.5. The zero-order valence-electron chi connectivity index (χ0n) is 13.5. The third-order valence-corrected chi connectivity index (χ3v) is 3.70. The van der Waals surface area contributed by atoms with E-state index < -0.39 is 29.0 Å². The average molecular weight is 348 g/mol. The number of aromatic nitrogens is 1. The molecule has 2 aromatic carbocycles. The Balaban J connectivity index is 1.81. The molecule has 0 saturated heterocycles. The predicted octanol–water partition coefficient (Wildman–Crippen LogP) is 4.38. The molecule has 0 fully saturated rings. The van der Waals surface area contributed by atoms with Gasteiger partial charge in [0.05, 0.1) is 11.2 Å². The van der Waals surface area contributed by atoms with Crippen LogP contribution in [0.15, 0.2) is 42.6 Å². The van der Waals surface area contributed by atoms with Crippen molar-refractivity contribution in [2.24, 2.45) is 0 Å². The van der Waals surface area contributed by atoms with Gasteiger partial charge in [-0.1, -0.05) is 0 Å². The Bertz CT molecular complexity index is 933. The second-order valence-electron chi connectivity index (χ2n) is 6.03. The molecular formula is C18H15F3N2O2. The first-order valence-corrected chi connectivity index (χ1v) is 7.48. The summed E-state index contributed by atoms with van der Waals surface area (Å²) in [5.74, 6) is -2.57. The average Bonchev–Trinajstić information content (AvgIpc) is 2.92. The second-order valence-corrected chi connectivity index (χ2v) is 6.03. The van der Waals surface area contributed by atoms with Gasteiger partial charge in [0.25, 0.3) is 5.91 Å². The first-order chi connectivity index (χ1) is 11.8. The van der Waals surface area contributed by atoms with Crippen LogP contribution in [0.3, 0.4) is 0 Å².